The Morgan fingerprint density at radius 3 is 2.61 bits per heavy atom. The van der Waals surface area contributed by atoms with Crippen LogP contribution in [0.5, 0.6) is 11.5 Å². The van der Waals surface area contributed by atoms with Crippen LogP contribution in [0.4, 0.5) is 0 Å². The zero-order valence-electron chi connectivity index (χ0n) is 16.0. The predicted octanol–water partition coefficient (Wildman–Crippen LogP) is 4.42. The number of hydrogen-bond donors (Lipinski definition) is 0. The first-order chi connectivity index (χ1) is 13.6. The second-order valence-electron chi connectivity index (χ2n) is 5.94. The number of ether oxygens (including phenoxy) is 3. The molecule has 1 aromatic heterocycles. The van der Waals surface area contributed by atoms with E-state index in [-0.39, 0.29) is 6.61 Å². The van der Waals surface area contributed by atoms with Gasteiger partial charge in [-0.05, 0) is 42.8 Å². The first-order valence-electron chi connectivity index (χ1n) is 8.69. The van der Waals surface area contributed by atoms with Crippen molar-refractivity contribution >= 4 is 12.0 Å². The number of rotatable bonds is 7. The van der Waals surface area contributed by atoms with Crippen LogP contribution in [-0.4, -0.2) is 25.2 Å². The van der Waals surface area contributed by atoms with Crippen molar-refractivity contribution in [2.24, 2.45) is 0 Å². The van der Waals surface area contributed by atoms with E-state index in [2.05, 4.69) is 9.72 Å². The van der Waals surface area contributed by atoms with Gasteiger partial charge in [0.25, 0.3) is 0 Å². The lowest BCUT2D eigenvalue weighted by Crippen LogP contribution is -2.00. The summed E-state index contributed by atoms with van der Waals surface area (Å²) < 4.78 is 21.6. The maximum atomic E-state index is 11.3. The number of oxazole rings is 1. The van der Waals surface area contributed by atoms with E-state index in [0.717, 1.165) is 11.1 Å². The Morgan fingerprint density at radius 2 is 1.89 bits per heavy atom. The molecule has 6 heteroatoms. The topological polar surface area (TPSA) is 70.8 Å². The number of benzene rings is 2. The monoisotopic (exact) mass is 379 g/mol. The Balaban J connectivity index is 1.77. The zero-order chi connectivity index (χ0) is 19.9. The van der Waals surface area contributed by atoms with E-state index in [4.69, 9.17) is 13.9 Å². The molecule has 0 spiro atoms. The fraction of sp³-hybridized carbons (Fsp3) is 0.182. The summed E-state index contributed by atoms with van der Waals surface area (Å²) in [5, 5.41) is 0. The molecular weight excluding hydrogens is 358 g/mol. The summed E-state index contributed by atoms with van der Waals surface area (Å²) in [6.07, 6.45) is 2.99. The molecule has 0 fully saturated rings. The molecule has 2 aromatic carbocycles. The molecule has 6 nitrogen and oxygen atoms in total. The Bertz CT molecular complexity index is 976. The van der Waals surface area contributed by atoms with Gasteiger partial charge in [-0.25, -0.2) is 9.78 Å². The van der Waals surface area contributed by atoms with Crippen LogP contribution in [0.15, 0.2) is 59.0 Å². The lowest BCUT2D eigenvalue weighted by molar-refractivity contribution is -0.134. The molecule has 0 saturated heterocycles. The molecule has 0 unspecified atom stereocenters. The van der Waals surface area contributed by atoms with E-state index in [9.17, 15) is 4.79 Å². The summed E-state index contributed by atoms with van der Waals surface area (Å²) in [7, 11) is 2.90. The quantitative estimate of drug-likeness (QED) is 0.447. The molecule has 0 amide bonds. The van der Waals surface area contributed by atoms with Gasteiger partial charge in [0.1, 0.15) is 18.1 Å². The van der Waals surface area contributed by atoms with Gasteiger partial charge < -0.3 is 18.6 Å². The summed E-state index contributed by atoms with van der Waals surface area (Å²) >= 11 is 0. The van der Waals surface area contributed by atoms with E-state index in [0.29, 0.717) is 28.8 Å². The second kappa shape index (κ2) is 8.90. The number of carbonyl (C=O) groups is 1. The molecule has 144 valence electrons. The van der Waals surface area contributed by atoms with Crippen LogP contribution in [0, 0.1) is 6.92 Å². The SMILES string of the molecule is COC(=O)C=Cc1ccc(OC)c(OCc2nc(-c3ccccc3)oc2C)c1. The Morgan fingerprint density at radius 1 is 1.11 bits per heavy atom. The highest BCUT2D eigenvalue weighted by Crippen LogP contribution is 2.30. The maximum Gasteiger partial charge on any atom is 0.330 e. The molecular formula is C22H21NO5. The standard InChI is InChI=1S/C22H21NO5/c1-15-18(23-22(28-15)17-7-5-4-6-8-17)14-27-20-13-16(9-11-19(20)25-2)10-12-21(24)26-3/h4-13H,14H2,1-3H3. The van der Waals surface area contributed by atoms with Crippen LogP contribution < -0.4 is 9.47 Å². The van der Waals surface area contributed by atoms with Crippen molar-refractivity contribution < 1.29 is 23.4 Å². The van der Waals surface area contributed by atoms with Gasteiger partial charge in [-0.1, -0.05) is 24.3 Å². The van der Waals surface area contributed by atoms with Crippen molar-refractivity contribution in [1.29, 1.82) is 0 Å². The molecule has 0 aliphatic heterocycles. The Kier molecular flexibility index (Phi) is 6.11. The highest BCUT2D eigenvalue weighted by atomic mass is 16.5. The smallest absolute Gasteiger partial charge is 0.330 e. The molecule has 3 aromatic rings. The summed E-state index contributed by atoms with van der Waals surface area (Å²) in [6, 6.07) is 15.1. The average Bonchev–Trinajstić information content (AvgIpc) is 3.11. The average molecular weight is 379 g/mol. The van der Waals surface area contributed by atoms with Gasteiger partial charge in [-0.2, -0.15) is 0 Å². The molecule has 1 heterocycles. The number of aromatic nitrogens is 1. The third-order valence-corrected chi connectivity index (χ3v) is 4.08. The van der Waals surface area contributed by atoms with Gasteiger partial charge in [0.05, 0.1) is 14.2 Å². The fourth-order valence-corrected chi connectivity index (χ4v) is 2.55. The van der Waals surface area contributed by atoms with Crippen LogP contribution in [-0.2, 0) is 16.1 Å². The van der Waals surface area contributed by atoms with E-state index >= 15 is 0 Å². The largest absolute Gasteiger partial charge is 0.493 e. The van der Waals surface area contributed by atoms with Crippen LogP contribution in [0.25, 0.3) is 17.5 Å². The van der Waals surface area contributed by atoms with Gasteiger partial charge in [0.15, 0.2) is 11.5 Å². The lowest BCUT2D eigenvalue weighted by atomic mass is 10.2. The van der Waals surface area contributed by atoms with Crippen molar-refractivity contribution in [3.8, 4) is 23.0 Å². The van der Waals surface area contributed by atoms with E-state index in [1.54, 1.807) is 25.3 Å². The number of methoxy groups -OCH3 is 2. The Labute approximate surface area is 163 Å². The number of nitrogens with zero attached hydrogens (tertiary/aromatic N) is 1. The number of esters is 1. The minimum absolute atomic E-state index is 0.225. The summed E-state index contributed by atoms with van der Waals surface area (Å²) in [5.74, 6) is 1.95. The lowest BCUT2D eigenvalue weighted by Gasteiger charge is -2.10. The van der Waals surface area contributed by atoms with Crippen molar-refractivity contribution in [1.82, 2.24) is 4.98 Å². The van der Waals surface area contributed by atoms with E-state index < -0.39 is 5.97 Å². The van der Waals surface area contributed by atoms with Gasteiger partial charge in [-0.15, -0.1) is 0 Å². The fourth-order valence-electron chi connectivity index (χ4n) is 2.55. The van der Waals surface area contributed by atoms with Crippen molar-refractivity contribution in [3.05, 3.63) is 71.6 Å². The van der Waals surface area contributed by atoms with Gasteiger partial charge in [0, 0.05) is 11.6 Å². The molecule has 0 aliphatic carbocycles. The summed E-state index contributed by atoms with van der Waals surface area (Å²) in [6.45, 7) is 2.08. The van der Waals surface area contributed by atoms with Crippen molar-refractivity contribution in [3.63, 3.8) is 0 Å². The molecule has 0 atom stereocenters. The molecule has 0 bridgehead atoms. The first kappa shape index (κ1) is 19.2. The molecule has 3 rings (SSSR count). The number of aryl methyl sites for hydroxylation is 1. The summed E-state index contributed by atoms with van der Waals surface area (Å²) in [5.41, 5.74) is 2.39. The predicted molar refractivity (Wildman–Crippen MR) is 105 cm³/mol. The minimum Gasteiger partial charge on any atom is -0.493 e. The third-order valence-electron chi connectivity index (χ3n) is 4.08. The normalized spacial score (nSPS) is 10.8. The van der Waals surface area contributed by atoms with Gasteiger partial charge in [-0.3, -0.25) is 0 Å². The van der Waals surface area contributed by atoms with Gasteiger partial charge >= 0.3 is 5.97 Å². The molecule has 0 saturated carbocycles. The Hall–Kier alpha value is -3.54. The zero-order valence-corrected chi connectivity index (χ0v) is 16.0. The molecule has 0 aliphatic rings. The third kappa shape index (κ3) is 4.59. The first-order valence-corrected chi connectivity index (χ1v) is 8.69. The molecule has 0 radical (unpaired) electrons. The molecule has 0 N–H and O–H groups in total. The van der Waals surface area contributed by atoms with Crippen molar-refractivity contribution in [2.75, 3.05) is 14.2 Å². The van der Waals surface area contributed by atoms with Crippen LogP contribution in [0.1, 0.15) is 17.0 Å². The van der Waals surface area contributed by atoms with Crippen LogP contribution in [0.2, 0.25) is 0 Å². The van der Waals surface area contributed by atoms with Crippen molar-refractivity contribution in [2.45, 2.75) is 13.5 Å². The summed E-state index contributed by atoms with van der Waals surface area (Å²) in [4.78, 5) is 15.8. The van der Waals surface area contributed by atoms with E-state index in [1.807, 2.05) is 43.3 Å². The highest BCUT2D eigenvalue weighted by molar-refractivity contribution is 5.87. The van der Waals surface area contributed by atoms with Crippen LogP contribution in [0.3, 0.4) is 0 Å². The second-order valence-corrected chi connectivity index (χ2v) is 5.94. The minimum atomic E-state index is -0.426. The number of carbonyl (C=O) groups excluding carboxylic acids is 1. The maximum absolute atomic E-state index is 11.3. The van der Waals surface area contributed by atoms with Gasteiger partial charge in [0.2, 0.25) is 5.89 Å². The van der Waals surface area contributed by atoms with E-state index in [1.165, 1.54) is 13.2 Å². The molecule has 28 heavy (non-hydrogen) atoms. The van der Waals surface area contributed by atoms with Crippen LogP contribution >= 0.6 is 0 Å². The highest BCUT2D eigenvalue weighted by Gasteiger charge is 2.13. The number of hydrogen-bond acceptors (Lipinski definition) is 6.